The quantitative estimate of drug-likeness (QED) is 0.391. The van der Waals surface area contributed by atoms with Crippen molar-refractivity contribution >= 4 is 11.6 Å². The molecule has 3 N–H and O–H groups in total. The maximum absolute atomic E-state index is 11.1. The van der Waals surface area contributed by atoms with Crippen LogP contribution >= 0.6 is 11.6 Å². The molecule has 3 aromatic carbocycles. The van der Waals surface area contributed by atoms with Crippen LogP contribution in [-0.2, 0) is 23.7 Å². The first-order chi connectivity index (χ1) is 14.8. The number of aromatic hydroxyl groups is 3. The van der Waals surface area contributed by atoms with Crippen molar-refractivity contribution < 1.29 is 15.3 Å². The first-order valence-electron chi connectivity index (χ1n) is 10.9. The van der Waals surface area contributed by atoms with Crippen molar-refractivity contribution in [1.82, 2.24) is 0 Å². The minimum absolute atomic E-state index is 0.0560. The Morgan fingerprint density at radius 2 is 0.969 bits per heavy atom. The van der Waals surface area contributed by atoms with Crippen LogP contribution in [0.2, 0.25) is 5.02 Å². The molecule has 0 saturated heterocycles. The predicted octanol–water partition coefficient (Wildman–Crippen LogP) is 7.23. The van der Waals surface area contributed by atoms with E-state index in [2.05, 4.69) is 41.5 Å². The van der Waals surface area contributed by atoms with Gasteiger partial charge in [-0.2, -0.15) is 0 Å². The number of phenolic OH excluding ortho intramolecular Hbond substituents is 3. The molecular formula is C28H33ClO3. The van der Waals surface area contributed by atoms with Crippen molar-refractivity contribution in [2.24, 2.45) is 0 Å². The van der Waals surface area contributed by atoms with Gasteiger partial charge in [0.2, 0.25) is 0 Å². The molecule has 0 saturated carbocycles. The maximum Gasteiger partial charge on any atom is 0.122 e. The molecule has 0 spiro atoms. The highest BCUT2D eigenvalue weighted by atomic mass is 35.5. The molecule has 0 aliphatic heterocycles. The SMILES string of the molecule is CC(C)(C)c1ccc(O)c(Cc2cc(Cl)cc(Cc3cc(C(C)(C)C)ccc3O)c2O)c1. The third-order valence-corrected chi connectivity index (χ3v) is 6.10. The summed E-state index contributed by atoms with van der Waals surface area (Å²) in [7, 11) is 0. The Morgan fingerprint density at radius 3 is 1.31 bits per heavy atom. The molecule has 170 valence electrons. The summed E-state index contributed by atoms with van der Waals surface area (Å²) in [6.07, 6.45) is 0.701. The number of benzene rings is 3. The van der Waals surface area contributed by atoms with Crippen molar-refractivity contribution in [3.8, 4) is 17.2 Å². The Labute approximate surface area is 196 Å². The zero-order chi connectivity index (χ0) is 23.8. The van der Waals surface area contributed by atoms with Gasteiger partial charge < -0.3 is 15.3 Å². The second kappa shape index (κ2) is 8.71. The van der Waals surface area contributed by atoms with Gasteiger partial charge in [-0.3, -0.25) is 0 Å². The van der Waals surface area contributed by atoms with Crippen LogP contribution in [0.3, 0.4) is 0 Å². The van der Waals surface area contributed by atoms with Gasteiger partial charge in [0.25, 0.3) is 0 Å². The highest BCUT2D eigenvalue weighted by molar-refractivity contribution is 6.30. The molecule has 3 nitrogen and oxygen atoms in total. The average Bonchev–Trinajstić information content (AvgIpc) is 2.67. The normalized spacial score (nSPS) is 12.2. The van der Waals surface area contributed by atoms with E-state index in [1.54, 1.807) is 24.3 Å². The van der Waals surface area contributed by atoms with Gasteiger partial charge in [0.1, 0.15) is 17.2 Å². The van der Waals surface area contributed by atoms with Crippen molar-refractivity contribution in [1.29, 1.82) is 0 Å². The number of hydrogen-bond donors (Lipinski definition) is 3. The molecule has 0 heterocycles. The van der Waals surface area contributed by atoms with Gasteiger partial charge in [-0.15, -0.1) is 0 Å². The summed E-state index contributed by atoms with van der Waals surface area (Å²) >= 11 is 6.41. The highest BCUT2D eigenvalue weighted by Crippen LogP contribution is 2.36. The van der Waals surface area contributed by atoms with Gasteiger partial charge in [-0.1, -0.05) is 77.4 Å². The van der Waals surface area contributed by atoms with E-state index in [0.29, 0.717) is 29.0 Å². The van der Waals surface area contributed by atoms with Gasteiger partial charge in [0.05, 0.1) is 0 Å². The Morgan fingerprint density at radius 1 is 0.594 bits per heavy atom. The highest BCUT2D eigenvalue weighted by Gasteiger charge is 2.19. The maximum atomic E-state index is 11.1. The molecule has 0 radical (unpaired) electrons. The molecule has 32 heavy (non-hydrogen) atoms. The van der Waals surface area contributed by atoms with Gasteiger partial charge in [-0.05, 0) is 57.3 Å². The third-order valence-electron chi connectivity index (χ3n) is 5.89. The molecule has 4 heteroatoms. The first-order valence-corrected chi connectivity index (χ1v) is 11.3. The fourth-order valence-corrected chi connectivity index (χ4v) is 4.05. The fourth-order valence-electron chi connectivity index (χ4n) is 3.78. The summed E-state index contributed by atoms with van der Waals surface area (Å²) in [5.41, 5.74) is 4.85. The van der Waals surface area contributed by atoms with E-state index < -0.39 is 0 Å². The number of hydrogen-bond acceptors (Lipinski definition) is 3. The summed E-state index contributed by atoms with van der Waals surface area (Å²) in [4.78, 5) is 0. The van der Waals surface area contributed by atoms with Crippen LogP contribution in [0.1, 0.15) is 74.9 Å². The lowest BCUT2D eigenvalue weighted by Gasteiger charge is -2.21. The number of phenols is 3. The van der Waals surface area contributed by atoms with Crippen LogP contribution in [0, 0.1) is 0 Å². The molecule has 0 aliphatic carbocycles. The van der Waals surface area contributed by atoms with Gasteiger partial charge in [0, 0.05) is 29.0 Å². The van der Waals surface area contributed by atoms with Crippen LogP contribution < -0.4 is 0 Å². The topological polar surface area (TPSA) is 60.7 Å². The summed E-state index contributed by atoms with van der Waals surface area (Å²) in [6.45, 7) is 12.7. The Balaban J connectivity index is 1.99. The molecule has 0 bridgehead atoms. The summed E-state index contributed by atoms with van der Waals surface area (Å²) in [6, 6.07) is 14.7. The molecule has 3 aromatic rings. The molecule has 0 unspecified atom stereocenters. The second-order valence-electron chi connectivity index (χ2n) is 10.6. The first kappa shape index (κ1) is 24.0. The second-order valence-corrected chi connectivity index (χ2v) is 11.0. The Kier molecular flexibility index (Phi) is 6.53. The third kappa shape index (κ3) is 5.39. The van der Waals surface area contributed by atoms with Crippen molar-refractivity contribution in [2.45, 2.75) is 65.2 Å². The summed E-state index contributed by atoms with van der Waals surface area (Å²) < 4.78 is 0. The van der Waals surface area contributed by atoms with E-state index in [-0.39, 0.29) is 28.1 Å². The van der Waals surface area contributed by atoms with Crippen LogP contribution in [0.25, 0.3) is 0 Å². The molecule has 0 amide bonds. The molecule has 0 aliphatic rings. The van der Waals surface area contributed by atoms with Crippen molar-refractivity contribution in [2.75, 3.05) is 0 Å². The van der Waals surface area contributed by atoms with E-state index in [1.807, 2.05) is 24.3 Å². The van der Waals surface area contributed by atoms with Gasteiger partial charge in [0.15, 0.2) is 0 Å². The van der Waals surface area contributed by atoms with E-state index in [1.165, 1.54) is 0 Å². The van der Waals surface area contributed by atoms with Crippen LogP contribution in [-0.4, -0.2) is 15.3 Å². The van der Waals surface area contributed by atoms with Gasteiger partial charge in [-0.25, -0.2) is 0 Å². The molecule has 0 atom stereocenters. The Bertz CT molecular complexity index is 1050. The minimum atomic E-state index is -0.0560. The number of rotatable bonds is 4. The minimum Gasteiger partial charge on any atom is -0.508 e. The lowest BCUT2D eigenvalue weighted by molar-refractivity contribution is 0.456. The molecular weight excluding hydrogens is 420 g/mol. The Hall–Kier alpha value is -2.65. The standard InChI is InChI=1S/C28H33ClO3/c1-27(2,3)21-7-9-24(30)17(13-21)11-19-15-23(29)16-20(26(19)32)12-18-14-22(28(4,5)6)8-10-25(18)31/h7-10,13-16,30-32H,11-12H2,1-6H3. The molecule has 0 fully saturated rings. The summed E-state index contributed by atoms with van der Waals surface area (Å²) in [5.74, 6) is 0.513. The van der Waals surface area contributed by atoms with E-state index in [9.17, 15) is 15.3 Å². The van der Waals surface area contributed by atoms with Crippen molar-refractivity contribution in [3.63, 3.8) is 0 Å². The van der Waals surface area contributed by atoms with E-state index >= 15 is 0 Å². The van der Waals surface area contributed by atoms with Crippen LogP contribution in [0.15, 0.2) is 48.5 Å². The van der Waals surface area contributed by atoms with Crippen LogP contribution in [0.5, 0.6) is 17.2 Å². The summed E-state index contributed by atoms with van der Waals surface area (Å²) in [5, 5.41) is 32.4. The fraction of sp³-hybridized carbons (Fsp3) is 0.357. The molecule has 3 rings (SSSR count). The largest absolute Gasteiger partial charge is 0.508 e. The van der Waals surface area contributed by atoms with Crippen molar-refractivity contribution in [3.05, 3.63) is 86.9 Å². The van der Waals surface area contributed by atoms with Gasteiger partial charge >= 0.3 is 0 Å². The average molecular weight is 453 g/mol. The lowest BCUT2D eigenvalue weighted by atomic mass is 9.84. The van der Waals surface area contributed by atoms with E-state index in [4.69, 9.17) is 11.6 Å². The van der Waals surface area contributed by atoms with Crippen LogP contribution in [0.4, 0.5) is 0 Å². The van der Waals surface area contributed by atoms with E-state index in [0.717, 1.165) is 22.3 Å². The predicted molar refractivity (Wildman–Crippen MR) is 132 cm³/mol. The zero-order valence-corrected chi connectivity index (χ0v) is 20.5. The molecule has 0 aromatic heterocycles. The zero-order valence-electron chi connectivity index (χ0n) is 19.8. The number of halogens is 1. The lowest BCUT2D eigenvalue weighted by Crippen LogP contribution is -2.11. The monoisotopic (exact) mass is 452 g/mol. The smallest absolute Gasteiger partial charge is 0.122 e.